The molecule has 0 aliphatic carbocycles. The maximum Gasteiger partial charge on any atom is 0.321 e. The molecule has 1 heterocycles. The van der Waals surface area contributed by atoms with Crippen molar-refractivity contribution in [1.82, 2.24) is 20.9 Å². The van der Waals surface area contributed by atoms with Crippen LogP contribution >= 0.6 is 0 Å². The van der Waals surface area contributed by atoms with Gasteiger partial charge in [-0.15, -0.1) is 0 Å². The zero-order chi connectivity index (χ0) is 15.7. The number of piperidine rings is 1. The third kappa shape index (κ3) is 8.02. The molecule has 0 aromatic rings. The molecule has 0 aromatic heterocycles. The molecule has 6 nitrogen and oxygen atoms in total. The largest absolute Gasteiger partial charge is 0.336 e. The molecule has 0 spiro atoms. The van der Waals surface area contributed by atoms with Crippen molar-refractivity contribution in [2.45, 2.75) is 46.1 Å². The predicted octanol–water partition coefficient (Wildman–Crippen LogP) is 0.932. The van der Waals surface area contributed by atoms with Gasteiger partial charge in [0.05, 0.1) is 6.54 Å². The van der Waals surface area contributed by atoms with Gasteiger partial charge in [0.2, 0.25) is 5.91 Å². The lowest BCUT2D eigenvalue weighted by Gasteiger charge is -2.29. The van der Waals surface area contributed by atoms with Crippen LogP contribution in [-0.2, 0) is 4.79 Å². The summed E-state index contributed by atoms with van der Waals surface area (Å²) in [5, 5.41) is 8.45. The van der Waals surface area contributed by atoms with E-state index in [9.17, 15) is 9.59 Å². The van der Waals surface area contributed by atoms with Crippen LogP contribution in [0.2, 0.25) is 0 Å². The van der Waals surface area contributed by atoms with Crippen LogP contribution in [0.1, 0.15) is 40.0 Å². The lowest BCUT2D eigenvalue weighted by atomic mass is 9.99. The van der Waals surface area contributed by atoms with E-state index in [-0.39, 0.29) is 18.5 Å². The van der Waals surface area contributed by atoms with Crippen molar-refractivity contribution in [2.24, 2.45) is 5.92 Å². The van der Waals surface area contributed by atoms with Crippen LogP contribution in [0.15, 0.2) is 0 Å². The molecule has 1 rings (SSSR count). The monoisotopic (exact) mass is 298 g/mol. The summed E-state index contributed by atoms with van der Waals surface area (Å²) >= 11 is 0. The van der Waals surface area contributed by atoms with Crippen molar-refractivity contribution in [3.63, 3.8) is 0 Å². The Hall–Kier alpha value is -1.14. The topological polar surface area (TPSA) is 73.5 Å². The van der Waals surface area contributed by atoms with Crippen molar-refractivity contribution in [3.05, 3.63) is 0 Å². The highest BCUT2D eigenvalue weighted by molar-refractivity contribution is 5.95. The van der Waals surface area contributed by atoms with Gasteiger partial charge in [0.25, 0.3) is 0 Å². The second-order valence-electron chi connectivity index (χ2n) is 6.12. The van der Waals surface area contributed by atoms with E-state index in [1.54, 1.807) is 0 Å². The van der Waals surface area contributed by atoms with Crippen molar-refractivity contribution >= 4 is 11.9 Å². The predicted molar refractivity (Wildman–Crippen MR) is 84.1 cm³/mol. The zero-order valence-electron chi connectivity index (χ0n) is 13.6. The van der Waals surface area contributed by atoms with E-state index in [0.717, 1.165) is 32.6 Å². The van der Waals surface area contributed by atoms with Gasteiger partial charge in [-0.2, -0.15) is 0 Å². The molecule has 1 aliphatic heterocycles. The quantitative estimate of drug-likeness (QED) is 0.654. The summed E-state index contributed by atoms with van der Waals surface area (Å²) in [4.78, 5) is 25.6. The molecule has 3 N–H and O–H groups in total. The highest BCUT2D eigenvalue weighted by atomic mass is 16.2. The van der Waals surface area contributed by atoms with E-state index in [1.807, 2.05) is 13.8 Å². The first-order valence-electron chi connectivity index (χ1n) is 8.04. The smallest absolute Gasteiger partial charge is 0.321 e. The van der Waals surface area contributed by atoms with Crippen molar-refractivity contribution in [1.29, 1.82) is 0 Å². The molecule has 1 saturated heterocycles. The van der Waals surface area contributed by atoms with Gasteiger partial charge in [0.1, 0.15) is 0 Å². The maximum absolute atomic E-state index is 11.9. The molecule has 3 amide bonds. The molecule has 0 saturated carbocycles. The van der Waals surface area contributed by atoms with Gasteiger partial charge >= 0.3 is 6.03 Å². The number of carbonyl (C=O) groups excluding carboxylic acids is 2. The number of carbonyl (C=O) groups is 2. The van der Waals surface area contributed by atoms with Crippen LogP contribution in [0.25, 0.3) is 0 Å². The third-order valence-corrected chi connectivity index (χ3v) is 3.50. The highest BCUT2D eigenvalue weighted by Crippen LogP contribution is 2.11. The van der Waals surface area contributed by atoms with Crippen LogP contribution in [-0.4, -0.2) is 55.6 Å². The van der Waals surface area contributed by atoms with E-state index >= 15 is 0 Å². The van der Waals surface area contributed by atoms with Gasteiger partial charge in [0.15, 0.2) is 0 Å². The van der Waals surface area contributed by atoms with E-state index in [0.29, 0.717) is 5.92 Å². The first kappa shape index (κ1) is 17.9. The standard InChI is InChI=1S/C15H30N4O2/c1-4-8-19(10-13-6-5-7-16-9-13)11-14(20)18-15(21)17-12(2)3/h12-13,16H,4-11H2,1-3H3,(H2,17,18,20,21). The molecule has 0 radical (unpaired) electrons. The van der Waals surface area contributed by atoms with E-state index in [4.69, 9.17) is 0 Å². The molecule has 21 heavy (non-hydrogen) atoms. The lowest BCUT2D eigenvalue weighted by molar-refractivity contribution is -0.121. The van der Waals surface area contributed by atoms with Gasteiger partial charge < -0.3 is 10.6 Å². The van der Waals surface area contributed by atoms with E-state index in [1.165, 1.54) is 12.8 Å². The number of rotatable bonds is 7. The summed E-state index contributed by atoms with van der Waals surface area (Å²) < 4.78 is 0. The molecule has 122 valence electrons. The average Bonchev–Trinajstić information content (AvgIpc) is 2.38. The summed E-state index contributed by atoms with van der Waals surface area (Å²) in [6, 6.07) is -0.386. The number of amides is 3. The first-order chi connectivity index (χ1) is 10.0. The number of nitrogens with zero attached hydrogens (tertiary/aromatic N) is 1. The van der Waals surface area contributed by atoms with Crippen molar-refractivity contribution < 1.29 is 9.59 Å². The average molecular weight is 298 g/mol. The third-order valence-electron chi connectivity index (χ3n) is 3.50. The number of nitrogens with one attached hydrogen (secondary N) is 3. The molecule has 6 heteroatoms. The minimum atomic E-state index is -0.411. The fourth-order valence-corrected chi connectivity index (χ4v) is 2.66. The maximum atomic E-state index is 11.9. The van der Waals surface area contributed by atoms with Crippen LogP contribution in [0.3, 0.4) is 0 Å². The first-order valence-corrected chi connectivity index (χ1v) is 8.04. The Labute approximate surface area is 128 Å². The minimum Gasteiger partial charge on any atom is -0.336 e. The highest BCUT2D eigenvalue weighted by Gasteiger charge is 2.19. The Kier molecular flexibility index (Phi) is 8.30. The molecular formula is C15H30N4O2. The van der Waals surface area contributed by atoms with E-state index < -0.39 is 6.03 Å². The summed E-state index contributed by atoms with van der Waals surface area (Å²) in [5.41, 5.74) is 0. The van der Waals surface area contributed by atoms with Gasteiger partial charge in [-0.3, -0.25) is 15.0 Å². The Morgan fingerprint density at radius 1 is 1.38 bits per heavy atom. The molecular weight excluding hydrogens is 268 g/mol. The van der Waals surface area contributed by atoms with Gasteiger partial charge in [-0.25, -0.2) is 4.79 Å². The lowest BCUT2D eigenvalue weighted by Crippen LogP contribution is -2.48. The second kappa shape index (κ2) is 9.73. The minimum absolute atomic E-state index is 0.0258. The SMILES string of the molecule is CCCN(CC(=O)NC(=O)NC(C)C)CC1CCCNC1. The normalized spacial score (nSPS) is 18.8. The van der Waals surface area contributed by atoms with Crippen molar-refractivity contribution in [2.75, 3.05) is 32.7 Å². The molecule has 1 aliphatic rings. The van der Waals surface area contributed by atoms with E-state index in [2.05, 4.69) is 27.8 Å². The zero-order valence-corrected chi connectivity index (χ0v) is 13.6. The van der Waals surface area contributed by atoms with Gasteiger partial charge in [-0.1, -0.05) is 6.92 Å². The number of urea groups is 1. The number of hydrogen-bond donors (Lipinski definition) is 3. The van der Waals surface area contributed by atoms with Crippen molar-refractivity contribution in [3.8, 4) is 0 Å². The molecule has 1 atom stereocenters. The molecule has 1 unspecified atom stereocenters. The summed E-state index contributed by atoms with van der Waals surface area (Å²) in [6.07, 6.45) is 3.42. The summed E-state index contributed by atoms with van der Waals surface area (Å²) in [5.74, 6) is 0.368. The van der Waals surface area contributed by atoms with Gasteiger partial charge in [-0.05, 0) is 58.7 Å². The number of imide groups is 1. The van der Waals surface area contributed by atoms with Crippen LogP contribution < -0.4 is 16.0 Å². The van der Waals surface area contributed by atoms with Crippen LogP contribution in [0.5, 0.6) is 0 Å². The van der Waals surface area contributed by atoms with Crippen LogP contribution in [0, 0.1) is 5.92 Å². The Balaban J connectivity index is 2.37. The fourth-order valence-electron chi connectivity index (χ4n) is 2.66. The number of hydrogen-bond acceptors (Lipinski definition) is 4. The molecule has 1 fully saturated rings. The Bertz CT molecular complexity index is 328. The molecule has 0 aromatic carbocycles. The summed E-state index contributed by atoms with van der Waals surface area (Å²) in [7, 11) is 0. The van der Waals surface area contributed by atoms with Crippen LogP contribution in [0.4, 0.5) is 4.79 Å². The fraction of sp³-hybridized carbons (Fsp3) is 0.867. The summed E-state index contributed by atoms with van der Waals surface area (Å²) in [6.45, 7) is 10.0. The molecule has 0 bridgehead atoms. The second-order valence-corrected chi connectivity index (χ2v) is 6.12. The Morgan fingerprint density at radius 3 is 2.71 bits per heavy atom. The Morgan fingerprint density at radius 2 is 2.14 bits per heavy atom. The van der Waals surface area contributed by atoms with Gasteiger partial charge in [0, 0.05) is 12.6 Å².